The smallest absolute Gasteiger partial charge is 0.227 e. The van der Waals surface area contributed by atoms with Crippen LogP contribution in [0.3, 0.4) is 0 Å². The molecule has 4 rings (SSSR count). The van der Waals surface area contributed by atoms with Crippen molar-refractivity contribution in [2.45, 2.75) is 38.3 Å². The van der Waals surface area contributed by atoms with Crippen molar-refractivity contribution < 1.29 is 14.3 Å². The van der Waals surface area contributed by atoms with Gasteiger partial charge in [-0.15, -0.1) is 0 Å². The topological polar surface area (TPSA) is 50.8 Å². The van der Waals surface area contributed by atoms with E-state index < -0.39 is 0 Å². The number of carbonyl (C=O) groups excluding carboxylic acids is 1. The van der Waals surface area contributed by atoms with Crippen LogP contribution >= 0.6 is 0 Å². The summed E-state index contributed by atoms with van der Waals surface area (Å²) in [5.41, 5.74) is 1.06. The third-order valence-corrected chi connectivity index (χ3v) is 4.91. The highest BCUT2D eigenvalue weighted by molar-refractivity contribution is 5.80. The van der Waals surface area contributed by atoms with Crippen LogP contribution in [0.5, 0.6) is 11.5 Å². The molecular formula is C18H24N2O3. The lowest BCUT2D eigenvalue weighted by molar-refractivity contribution is -0.137. The highest BCUT2D eigenvalue weighted by atomic mass is 16.6. The summed E-state index contributed by atoms with van der Waals surface area (Å²) >= 11 is 0. The molecule has 1 unspecified atom stereocenters. The Morgan fingerprint density at radius 1 is 1.22 bits per heavy atom. The Bertz CT molecular complexity index is 580. The summed E-state index contributed by atoms with van der Waals surface area (Å²) in [5.74, 6) is 2.05. The van der Waals surface area contributed by atoms with Crippen LogP contribution in [-0.2, 0) is 11.3 Å². The van der Waals surface area contributed by atoms with Crippen molar-refractivity contribution >= 4 is 5.91 Å². The van der Waals surface area contributed by atoms with Crippen molar-refractivity contribution in [2.24, 2.45) is 5.92 Å². The van der Waals surface area contributed by atoms with Crippen LogP contribution in [0.2, 0.25) is 0 Å². The molecule has 1 aromatic rings. The van der Waals surface area contributed by atoms with Gasteiger partial charge in [0, 0.05) is 24.7 Å². The van der Waals surface area contributed by atoms with E-state index in [4.69, 9.17) is 9.47 Å². The number of nitrogens with one attached hydrogen (secondary N) is 1. The van der Waals surface area contributed by atoms with Crippen LogP contribution < -0.4 is 14.8 Å². The minimum Gasteiger partial charge on any atom is -0.486 e. The van der Waals surface area contributed by atoms with E-state index in [1.807, 2.05) is 12.1 Å². The van der Waals surface area contributed by atoms with Gasteiger partial charge in [0.05, 0.1) is 5.92 Å². The predicted octanol–water partition coefficient (Wildman–Crippen LogP) is 1.95. The van der Waals surface area contributed by atoms with Gasteiger partial charge in [0.15, 0.2) is 11.5 Å². The molecule has 2 aliphatic heterocycles. The maximum atomic E-state index is 13.0. The first-order chi connectivity index (χ1) is 11.3. The van der Waals surface area contributed by atoms with Crippen molar-refractivity contribution in [1.82, 2.24) is 10.2 Å². The van der Waals surface area contributed by atoms with E-state index in [1.54, 1.807) is 0 Å². The van der Waals surface area contributed by atoms with Crippen LogP contribution in [0.15, 0.2) is 18.2 Å². The number of hydrogen-bond donors (Lipinski definition) is 1. The second-order valence-corrected chi connectivity index (χ2v) is 6.68. The average Bonchev–Trinajstić information content (AvgIpc) is 3.45. The van der Waals surface area contributed by atoms with Crippen LogP contribution in [0.1, 0.15) is 31.2 Å². The van der Waals surface area contributed by atoms with E-state index in [1.165, 1.54) is 0 Å². The number of para-hydroxylation sites is 1. The monoisotopic (exact) mass is 316 g/mol. The lowest BCUT2D eigenvalue weighted by Gasteiger charge is -2.31. The fraction of sp³-hybridized carbons (Fsp3) is 0.611. The summed E-state index contributed by atoms with van der Waals surface area (Å²) in [6.45, 7) is 3.65. The SMILES string of the molecule is O=C(C1CCCNC1)N(Cc1cccc2c1OCCO2)C1CC1. The molecule has 1 N–H and O–H groups in total. The second-order valence-electron chi connectivity index (χ2n) is 6.68. The van der Waals surface area contributed by atoms with Gasteiger partial charge >= 0.3 is 0 Å². The Kier molecular flexibility index (Phi) is 4.12. The van der Waals surface area contributed by atoms with Gasteiger partial charge in [0.2, 0.25) is 5.91 Å². The first-order valence-corrected chi connectivity index (χ1v) is 8.71. The van der Waals surface area contributed by atoms with E-state index in [2.05, 4.69) is 16.3 Å². The maximum absolute atomic E-state index is 13.0. The van der Waals surface area contributed by atoms with Crippen molar-refractivity contribution in [2.75, 3.05) is 26.3 Å². The molecule has 23 heavy (non-hydrogen) atoms. The number of fused-ring (bicyclic) bond motifs is 1. The Hall–Kier alpha value is -1.75. The Labute approximate surface area is 136 Å². The molecule has 2 heterocycles. The number of rotatable bonds is 4. The summed E-state index contributed by atoms with van der Waals surface area (Å²) in [4.78, 5) is 15.0. The molecule has 124 valence electrons. The highest BCUT2D eigenvalue weighted by Gasteiger charge is 2.36. The third-order valence-electron chi connectivity index (χ3n) is 4.91. The predicted molar refractivity (Wildman–Crippen MR) is 86.6 cm³/mol. The summed E-state index contributed by atoms with van der Waals surface area (Å²) in [7, 11) is 0. The van der Waals surface area contributed by atoms with Crippen LogP contribution in [0.25, 0.3) is 0 Å². The fourth-order valence-electron chi connectivity index (χ4n) is 3.51. The summed E-state index contributed by atoms with van der Waals surface area (Å²) < 4.78 is 11.5. The Morgan fingerprint density at radius 3 is 2.87 bits per heavy atom. The molecule has 5 nitrogen and oxygen atoms in total. The molecule has 1 atom stereocenters. The molecule has 1 saturated carbocycles. The zero-order valence-electron chi connectivity index (χ0n) is 13.4. The zero-order chi connectivity index (χ0) is 15.6. The van der Waals surface area contributed by atoms with Gasteiger partial charge in [0.25, 0.3) is 0 Å². The molecule has 1 aromatic carbocycles. The molecule has 0 spiro atoms. The third kappa shape index (κ3) is 3.15. The average molecular weight is 316 g/mol. The van der Waals surface area contributed by atoms with E-state index in [0.29, 0.717) is 31.7 Å². The first-order valence-electron chi connectivity index (χ1n) is 8.71. The van der Waals surface area contributed by atoms with E-state index in [-0.39, 0.29) is 5.92 Å². The number of amides is 1. The summed E-state index contributed by atoms with van der Waals surface area (Å²) in [6, 6.07) is 6.38. The molecule has 1 amide bonds. The van der Waals surface area contributed by atoms with Crippen molar-refractivity contribution in [3.05, 3.63) is 23.8 Å². The molecule has 3 aliphatic rings. The molecular weight excluding hydrogens is 292 g/mol. The molecule has 5 heteroatoms. The quantitative estimate of drug-likeness (QED) is 0.922. The second kappa shape index (κ2) is 6.40. The van der Waals surface area contributed by atoms with Gasteiger partial charge in [-0.3, -0.25) is 4.79 Å². The number of piperidine rings is 1. The summed E-state index contributed by atoms with van der Waals surface area (Å²) in [6.07, 6.45) is 4.34. The van der Waals surface area contributed by atoms with E-state index in [9.17, 15) is 4.79 Å². The first kappa shape index (κ1) is 14.8. The van der Waals surface area contributed by atoms with E-state index in [0.717, 1.165) is 55.8 Å². The normalized spacial score (nSPS) is 23.4. The van der Waals surface area contributed by atoms with Crippen LogP contribution in [0, 0.1) is 5.92 Å². The van der Waals surface area contributed by atoms with Crippen molar-refractivity contribution in [3.63, 3.8) is 0 Å². The number of ether oxygens (including phenoxy) is 2. The van der Waals surface area contributed by atoms with Gasteiger partial charge in [-0.1, -0.05) is 12.1 Å². The fourth-order valence-corrected chi connectivity index (χ4v) is 3.51. The molecule has 1 saturated heterocycles. The van der Waals surface area contributed by atoms with E-state index >= 15 is 0 Å². The van der Waals surface area contributed by atoms with Crippen LogP contribution in [0.4, 0.5) is 0 Å². The minimum absolute atomic E-state index is 0.126. The maximum Gasteiger partial charge on any atom is 0.227 e. The van der Waals surface area contributed by atoms with Crippen molar-refractivity contribution in [1.29, 1.82) is 0 Å². The largest absolute Gasteiger partial charge is 0.486 e. The highest BCUT2D eigenvalue weighted by Crippen LogP contribution is 2.37. The Morgan fingerprint density at radius 2 is 2.09 bits per heavy atom. The molecule has 0 bridgehead atoms. The number of nitrogens with zero attached hydrogens (tertiary/aromatic N) is 1. The summed E-state index contributed by atoms with van der Waals surface area (Å²) in [5, 5.41) is 3.35. The molecule has 0 aromatic heterocycles. The molecule has 2 fully saturated rings. The van der Waals surface area contributed by atoms with Gasteiger partial charge in [-0.05, 0) is 38.3 Å². The van der Waals surface area contributed by atoms with Gasteiger partial charge < -0.3 is 19.7 Å². The lowest BCUT2D eigenvalue weighted by atomic mass is 9.97. The molecule has 1 aliphatic carbocycles. The standard InChI is InChI=1S/C18H24N2O3/c21-18(13-4-2-8-19-11-13)20(15-6-7-15)12-14-3-1-5-16-17(14)23-10-9-22-16/h1,3,5,13,15,19H,2,4,6-12H2. The Balaban J connectivity index is 1.54. The van der Waals surface area contributed by atoms with Crippen molar-refractivity contribution in [3.8, 4) is 11.5 Å². The molecule has 0 radical (unpaired) electrons. The number of benzene rings is 1. The number of hydrogen-bond acceptors (Lipinski definition) is 4. The zero-order valence-corrected chi connectivity index (χ0v) is 13.4. The van der Waals surface area contributed by atoms with Gasteiger partial charge in [-0.2, -0.15) is 0 Å². The van der Waals surface area contributed by atoms with Crippen LogP contribution in [-0.4, -0.2) is 43.2 Å². The van der Waals surface area contributed by atoms with Gasteiger partial charge in [0.1, 0.15) is 13.2 Å². The number of carbonyl (C=O) groups is 1. The minimum atomic E-state index is 0.126. The lowest BCUT2D eigenvalue weighted by Crippen LogP contribution is -2.43. The van der Waals surface area contributed by atoms with Gasteiger partial charge in [-0.25, -0.2) is 0 Å².